The molecular weight excluding hydrogens is 228 g/mol. The van der Waals surface area contributed by atoms with Crippen LogP contribution in [0.1, 0.15) is 39.5 Å². The second-order valence-corrected chi connectivity index (χ2v) is 4.57. The summed E-state index contributed by atoms with van der Waals surface area (Å²) in [6.45, 7) is 5.16. The van der Waals surface area contributed by atoms with Gasteiger partial charge in [0.1, 0.15) is 5.69 Å². The summed E-state index contributed by atoms with van der Waals surface area (Å²) in [5.74, 6) is 0.588. The van der Waals surface area contributed by atoms with Crippen molar-refractivity contribution >= 4 is 11.4 Å². The number of nitro groups is 1. The number of hydrogen-bond donors (Lipinski definition) is 1. The summed E-state index contributed by atoms with van der Waals surface area (Å²) in [4.78, 5) is 10.5. The van der Waals surface area contributed by atoms with Gasteiger partial charge in [-0.05, 0) is 18.4 Å². The predicted molar refractivity (Wildman–Crippen MR) is 74.9 cm³/mol. The quantitative estimate of drug-likeness (QED) is 0.555. The third-order valence-electron chi connectivity index (χ3n) is 3.23. The van der Waals surface area contributed by atoms with Gasteiger partial charge in [0.05, 0.1) is 4.92 Å². The van der Waals surface area contributed by atoms with E-state index in [9.17, 15) is 10.1 Å². The molecule has 0 aromatic heterocycles. The molecule has 0 spiro atoms. The van der Waals surface area contributed by atoms with E-state index in [1.54, 1.807) is 12.1 Å². The summed E-state index contributed by atoms with van der Waals surface area (Å²) < 4.78 is 0. The van der Waals surface area contributed by atoms with Crippen LogP contribution in [0.15, 0.2) is 24.3 Å². The van der Waals surface area contributed by atoms with E-state index in [0.717, 1.165) is 13.0 Å². The average molecular weight is 250 g/mol. The Bertz CT molecular complexity index is 380. The number of hydrogen-bond acceptors (Lipinski definition) is 3. The SMILES string of the molecule is CCCCC(CC)CNc1ccccc1[N+](=O)[O-]. The zero-order valence-corrected chi connectivity index (χ0v) is 11.2. The second kappa shape index (κ2) is 7.69. The Morgan fingerprint density at radius 2 is 2.06 bits per heavy atom. The number of nitrogens with one attached hydrogen (secondary N) is 1. The molecule has 0 amide bonds. The first-order valence-corrected chi connectivity index (χ1v) is 6.66. The van der Waals surface area contributed by atoms with E-state index < -0.39 is 0 Å². The first kappa shape index (κ1) is 14.5. The van der Waals surface area contributed by atoms with E-state index in [4.69, 9.17) is 0 Å². The molecule has 1 unspecified atom stereocenters. The minimum Gasteiger partial charge on any atom is -0.379 e. The Labute approximate surface area is 109 Å². The van der Waals surface area contributed by atoms with E-state index in [1.165, 1.54) is 25.3 Å². The van der Waals surface area contributed by atoms with Gasteiger partial charge in [-0.2, -0.15) is 0 Å². The fraction of sp³-hybridized carbons (Fsp3) is 0.571. The summed E-state index contributed by atoms with van der Waals surface area (Å²) in [5, 5.41) is 14.1. The first-order chi connectivity index (χ1) is 8.69. The third kappa shape index (κ3) is 4.35. The Balaban J connectivity index is 2.59. The lowest BCUT2D eigenvalue weighted by atomic mass is 9.99. The number of benzene rings is 1. The van der Waals surface area contributed by atoms with E-state index in [1.807, 2.05) is 6.07 Å². The van der Waals surface area contributed by atoms with Gasteiger partial charge >= 0.3 is 0 Å². The largest absolute Gasteiger partial charge is 0.379 e. The number of nitrogens with zero attached hydrogens (tertiary/aromatic N) is 1. The lowest BCUT2D eigenvalue weighted by Gasteiger charge is -2.16. The summed E-state index contributed by atoms with van der Waals surface area (Å²) in [6, 6.07) is 6.82. The van der Waals surface area contributed by atoms with Crippen LogP contribution in [0.4, 0.5) is 11.4 Å². The molecule has 0 radical (unpaired) electrons. The molecule has 0 saturated carbocycles. The van der Waals surface area contributed by atoms with Crippen LogP contribution in [0, 0.1) is 16.0 Å². The fourth-order valence-corrected chi connectivity index (χ4v) is 1.98. The Hall–Kier alpha value is -1.58. The number of rotatable bonds is 8. The Kier molecular flexibility index (Phi) is 6.19. The molecule has 4 heteroatoms. The lowest BCUT2D eigenvalue weighted by molar-refractivity contribution is -0.384. The Morgan fingerprint density at radius 3 is 2.67 bits per heavy atom. The molecular formula is C14H22N2O2. The van der Waals surface area contributed by atoms with E-state index >= 15 is 0 Å². The molecule has 18 heavy (non-hydrogen) atoms. The van der Waals surface area contributed by atoms with Crippen molar-refractivity contribution in [1.82, 2.24) is 0 Å². The second-order valence-electron chi connectivity index (χ2n) is 4.57. The van der Waals surface area contributed by atoms with E-state index in [-0.39, 0.29) is 10.6 Å². The highest BCUT2D eigenvalue weighted by Crippen LogP contribution is 2.24. The number of unbranched alkanes of at least 4 members (excludes halogenated alkanes) is 1. The van der Waals surface area contributed by atoms with Gasteiger partial charge in [-0.1, -0.05) is 45.2 Å². The highest BCUT2D eigenvalue weighted by Gasteiger charge is 2.13. The molecule has 1 aromatic rings. The minimum atomic E-state index is -0.338. The van der Waals surface area contributed by atoms with Gasteiger partial charge in [-0.25, -0.2) is 0 Å². The van der Waals surface area contributed by atoms with E-state index in [2.05, 4.69) is 19.2 Å². The maximum atomic E-state index is 10.9. The van der Waals surface area contributed by atoms with Gasteiger partial charge in [0, 0.05) is 12.6 Å². The zero-order valence-electron chi connectivity index (χ0n) is 11.2. The van der Waals surface area contributed by atoms with Crippen molar-refractivity contribution < 1.29 is 4.92 Å². The van der Waals surface area contributed by atoms with Gasteiger partial charge in [0.2, 0.25) is 0 Å². The molecule has 4 nitrogen and oxygen atoms in total. The third-order valence-corrected chi connectivity index (χ3v) is 3.23. The Morgan fingerprint density at radius 1 is 1.33 bits per heavy atom. The number of nitro benzene ring substituents is 1. The van der Waals surface area contributed by atoms with Crippen LogP contribution in [-0.4, -0.2) is 11.5 Å². The van der Waals surface area contributed by atoms with E-state index in [0.29, 0.717) is 11.6 Å². The molecule has 0 saturated heterocycles. The molecule has 0 aliphatic carbocycles. The van der Waals surface area contributed by atoms with Gasteiger partial charge in [-0.15, -0.1) is 0 Å². The maximum absolute atomic E-state index is 10.9. The van der Waals surface area contributed by atoms with Crippen LogP contribution in [0.2, 0.25) is 0 Å². The number of para-hydroxylation sites is 2. The van der Waals surface area contributed by atoms with Gasteiger partial charge in [0.15, 0.2) is 0 Å². The maximum Gasteiger partial charge on any atom is 0.292 e. The summed E-state index contributed by atoms with van der Waals surface area (Å²) >= 11 is 0. The highest BCUT2D eigenvalue weighted by atomic mass is 16.6. The first-order valence-electron chi connectivity index (χ1n) is 6.66. The molecule has 1 atom stereocenters. The zero-order chi connectivity index (χ0) is 13.4. The smallest absolute Gasteiger partial charge is 0.292 e. The predicted octanol–water partition coefficient (Wildman–Crippen LogP) is 4.22. The van der Waals surface area contributed by atoms with Crippen LogP contribution in [0.3, 0.4) is 0 Å². The average Bonchev–Trinajstić information content (AvgIpc) is 2.39. The topological polar surface area (TPSA) is 55.2 Å². The molecule has 100 valence electrons. The molecule has 0 fully saturated rings. The molecule has 1 rings (SSSR count). The van der Waals surface area contributed by atoms with Gasteiger partial charge < -0.3 is 5.32 Å². The standard InChI is InChI=1S/C14H22N2O2/c1-3-5-8-12(4-2)11-15-13-9-6-7-10-14(13)16(17)18/h6-7,9-10,12,15H,3-5,8,11H2,1-2H3. The van der Waals surface area contributed by atoms with Crippen molar-refractivity contribution in [3.63, 3.8) is 0 Å². The van der Waals surface area contributed by atoms with Crippen LogP contribution in [0.5, 0.6) is 0 Å². The van der Waals surface area contributed by atoms with Crippen molar-refractivity contribution in [2.75, 3.05) is 11.9 Å². The highest BCUT2D eigenvalue weighted by molar-refractivity contribution is 5.61. The molecule has 0 bridgehead atoms. The minimum absolute atomic E-state index is 0.155. The van der Waals surface area contributed by atoms with Crippen LogP contribution >= 0.6 is 0 Å². The van der Waals surface area contributed by atoms with Crippen molar-refractivity contribution in [1.29, 1.82) is 0 Å². The molecule has 0 heterocycles. The van der Waals surface area contributed by atoms with Crippen molar-refractivity contribution in [2.45, 2.75) is 39.5 Å². The molecule has 1 aromatic carbocycles. The molecule has 1 N–H and O–H groups in total. The molecule has 0 aliphatic rings. The summed E-state index contributed by atoms with van der Waals surface area (Å²) in [5.41, 5.74) is 0.778. The lowest BCUT2D eigenvalue weighted by Crippen LogP contribution is -2.14. The van der Waals surface area contributed by atoms with Crippen molar-refractivity contribution in [2.24, 2.45) is 5.92 Å². The van der Waals surface area contributed by atoms with Gasteiger partial charge in [-0.3, -0.25) is 10.1 Å². The van der Waals surface area contributed by atoms with Crippen molar-refractivity contribution in [3.8, 4) is 0 Å². The van der Waals surface area contributed by atoms with Crippen LogP contribution in [0.25, 0.3) is 0 Å². The summed E-state index contributed by atoms with van der Waals surface area (Å²) in [7, 11) is 0. The monoisotopic (exact) mass is 250 g/mol. The van der Waals surface area contributed by atoms with Gasteiger partial charge in [0.25, 0.3) is 5.69 Å². The number of anilines is 1. The summed E-state index contributed by atoms with van der Waals surface area (Å²) in [6.07, 6.45) is 4.70. The normalized spacial score (nSPS) is 12.1. The fourth-order valence-electron chi connectivity index (χ4n) is 1.98. The molecule has 0 aliphatic heterocycles. The van der Waals surface area contributed by atoms with Crippen LogP contribution in [-0.2, 0) is 0 Å². The van der Waals surface area contributed by atoms with Crippen molar-refractivity contribution in [3.05, 3.63) is 34.4 Å². The van der Waals surface area contributed by atoms with Crippen LogP contribution < -0.4 is 5.32 Å².